The molecule has 0 aliphatic carbocycles. The Labute approximate surface area is 96.8 Å². The summed E-state index contributed by atoms with van der Waals surface area (Å²) in [7, 11) is 0. The molecule has 2 rings (SSSR count). The topological polar surface area (TPSA) is 50.9 Å². The SMILES string of the molecule is NCCNc1ncc(Br)c2ccccc12. The van der Waals surface area contributed by atoms with E-state index in [1.807, 2.05) is 18.2 Å². The number of pyridine rings is 1. The van der Waals surface area contributed by atoms with E-state index in [1.54, 1.807) is 6.20 Å². The van der Waals surface area contributed by atoms with Crippen molar-refractivity contribution >= 4 is 32.5 Å². The molecule has 0 spiro atoms. The van der Waals surface area contributed by atoms with Gasteiger partial charge in [-0.05, 0) is 15.9 Å². The number of nitrogens with two attached hydrogens (primary N) is 1. The van der Waals surface area contributed by atoms with Crippen LogP contribution in [0.4, 0.5) is 5.82 Å². The van der Waals surface area contributed by atoms with Gasteiger partial charge in [0.2, 0.25) is 0 Å². The first-order valence-electron chi connectivity index (χ1n) is 4.80. The van der Waals surface area contributed by atoms with Crippen LogP contribution in [0.1, 0.15) is 0 Å². The molecule has 3 nitrogen and oxygen atoms in total. The molecule has 0 saturated carbocycles. The first kappa shape index (κ1) is 10.4. The zero-order chi connectivity index (χ0) is 10.7. The molecule has 2 aromatic rings. The predicted molar refractivity (Wildman–Crippen MR) is 67.0 cm³/mol. The lowest BCUT2D eigenvalue weighted by atomic mass is 10.1. The van der Waals surface area contributed by atoms with Gasteiger partial charge in [0.1, 0.15) is 5.82 Å². The van der Waals surface area contributed by atoms with Gasteiger partial charge in [-0.15, -0.1) is 0 Å². The monoisotopic (exact) mass is 265 g/mol. The standard InChI is InChI=1S/C11H12BrN3/c12-10-7-15-11(14-6-5-13)9-4-2-1-3-8(9)10/h1-4,7H,5-6,13H2,(H,14,15). The molecule has 0 radical (unpaired) electrons. The molecule has 0 aliphatic heterocycles. The van der Waals surface area contributed by atoms with Gasteiger partial charge in [-0.3, -0.25) is 0 Å². The van der Waals surface area contributed by atoms with Crippen LogP contribution in [0.25, 0.3) is 10.8 Å². The molecule has 0 aliphatic rings. The van der Waals surface area contributed by atoms with Crippen LogP contribution in [0.2, 0.25) is 0 Å². The molecule has 78 valence electrons. The molecule has 0 amide bonds. The molecule has 15 heavy (non-hydrogen) atoms. The lowest BCUT2D eigenvalue weighted by molar-refractivity contribution is 1.01. The fourth-order valence-corrected chi connectivity index (χ4v) is 1.94. The lowest BCUT2D eigenvalue weighted by Gasteiger charge is -2.08. The van der Waals surface area contributed by atoms with Gasteiger partial charge in [0.15, 0.2) is 0 Å². The van der Waals surface area contributed by atoms with E-state index in [-0.39, 0.29) is 0 Å². The number of benzene rings is 1. The van der Waals surface area contributed by atoms with Gasteiger partial charge in [0.05, 0.1) is 0 Å². The third-order valence-electron chi connectivity index (χ3n) is 2.18. The van der Waals surface area contributed by atoms with Crippen LogP contribution >= 0.6 is 15.9 Å². The molecular formula is C11H12BrN3. The highest BCUT2D eigenvalue weighted by molar-refractivity contribution is 9.10. The van der Waals surface area contributed by atoms with Crippen molar-refractivity contribution < 1.29 is 0 Å². The van der Waals surface area contributed by atoms with Gasteiger partial charge in [0, 0.05) is 34.5 Å². The minimum absolute atomic E-state index is 0.603. The first-order chi connectivity index (χ1) is 7.33. The maximum absolute atomic E-state index is 5.45. The number of rotatable bonds is 3. The average molecular weight is 266 g/mol. The highest BCUT2D eigenvalue weighted by Crippen LogP contribution is 2.27. The average Bonchev–Trinajstić information content (AvgIpc) is 2.29. The highest BCUT2D eigenvalue weighted by atomic mass is 79.9. The molecular weight excluding hydrogens is 254 g/mol. The number of nitrogens with one attached hydrogen (secondary N) is 1. The number of halogens is 1. The van der Waals surface area contributed by atoms with Crippen molar-refractivity contribution in [2.75, 3.05) is 18.4 Å². The summed E-state index contributed by atoms with van der Waals surface area (Å²) < 4.78 is 1.01. The quantitative estimate of drug-likeness (QED) is 0.896. The summed E-state index contributed by atoms with van der Waals surface area (Å²) in [6.45, 7) is 1.34. The number of fused-ring (bicyclic) bond motifs is 1. The van der Waals surface area contributed by atoms with Gasteiger partial charge in [-0.2, -0.15) is 0 Å². The molecule has 0 fully saturated rings. The highest BCUT2D eigenvalue weighted by Gasteiger charge is 2.03. The number of nitrogens with zero attached hydrogens (tertiary/aromatic N) is 1. The summed E-state index contributed by atoms with van der Waals surface area (Å²) >= 11 is 3.48. The van der Waals surface area contributed by atoms with E-state index in [9.17, 15) is 0 Å². The van der Waals surface area contributed by atoms with Gasteiger partial charge in [0.25, 0.3) is 0 Å². The van der Waals surface area contributed by atoms with Crippen molar-refractivity contribution in [3.05, 3.63) is 34.9 Å². The van der Waals surface area contributed by atoms with Crippen molar-refractivity contribution in [2.45, 2.75) is 0 Å². The molecule has 0 bridgehead atoms. The Balaban J connectivity index is 2.51. The molecule has 1 aromatic heterocycles. The Morgan fingerprint density at radius 1 is 1.27 bits per heavy atom. The molecule has 1 aromatic carbocycles. The van der Waals surface area contributed by atoms with Crippen molar-refractivity contribution in [3.63, 3.8) is 0 Å². The van der Waals surface area contributed by atoms with Gasteiger partial charge in [-0.25, -0.2) is 4.98 Å². The van der Waals surface area contributed by atoms with E-state index in [1.165, 1.54) is 0 Å². The smallest absolute Gasteiger partial charge is 0.133 e. The Morgan fingerprint density at radius 2 is 2.00 bits per heavy atom. The van der Waals surface area contributed by atoms with E-state index in [2.05, 4.69) is 32.3 Å². The van der Waals surface area contributed by atoms with Crippen LogP contribution < -0.4 is 11.1 Å². The van der Waals surface area contributed by atoms with Crippen LogP contribution in [0.3, 0.4) is 0 Å². The second-order valence-corrected chi connectivity index (χ2v) is 4.07. The summed E-state index contributed by atoms with van der Waals surface area (Å²) in [5.74, 6) is 0.888. The summed E-state index contributed by atoms with van der Waals surface area (Å²) in [6.07, 6.45) is 1.81. The lowest BCUT2D eigenvalue weighted by Crippen LogP contribution is -2.14. The minimum Gasteiger partial charge on any atom is -0.368 e. The molecule has 3 N–H and O–H groups in total. The van der Waals surface area contributed by atoms with E-state index >= 15 is 0 Å². The molecule has 1 heterocycles. The zero-order valence-corrected chi connectivity index (χ0v) is 9.79. The summed E-state index contributed by atoms with van der Waals surface area (Å²) in [5.41, 5.74) is 5.45. The first-order valence-corrected chi connectivity index (χ1v) is 5.59. The van der Waals surface area contributed by atoms with Gasteiger partial charge < -0.3 is 11.1 Å². The summed E-state index contributed by atoms with van der Waals surface area (Å²) in [5, 5.41) is 5.48. The Morgan fingerprint density at radius 3 is 2.73 bits per heavy atom. The van der Waals surface area contributed by atoms with Crippen LogP contribution in [-0.4, -0.2) is 18.1 Å². The minimum atomic E-state index is 0.603. The number of hydrogen-bond donors (Lipinski definition) is 2. The van der Waals surface area contributed by atoms with E-state index in [0.29, 0.717) is 6.54 Å². The third-order valence-corrected chi connectivity index (χ3v) is 2.82. The Bertz CT molecular complexity index is 470. The molecule has 0 saturated heterocycles. The van der Waals surface area contributed by atoms with Crippen molar-refractivity contribution in [1.82, 2.24) is 4.98 Å². The van der Waals surface area contributed by atoms with Crippen molar-refractivity contribution in [3.8, 4) is 0 Å². The molecule has 0 atom stereocenters. The number of aromatic nitrogens is 1. The molecule has 4 heteroatoms. The van der Waals surface area contributed by atoms with E-state index < -0.39 is 0 Å². The van der Waals surface area contributed by atoms with Crippen molar-refractivity contribution in [1.29, 1.82) is 0 Å². The summed E-state index contributed by atoms with van der Waals surface area (Å²) in [6, 6.07) is 8.13. The molecule has 0 unspecified atom stereocenters. The van der Waals surface area contributed by atoms with Crippen molar-refractivity contribution in [2.24, 2.45) is 5.73 Å². The van der Waals surface area contributed by atoms with Crippen LogP contribution in [0.15, 0.2) is 34.9 Å². The van der Waals surface area contributed by atoms with Crippen LogP contribution in [-0.2, 0) is 0 Å². The summed E-state index contributed by atoms with van der Waals surface area (Å²) in [4.78, 5) is 4.33. The Kier molecular flexibility index (Phi) is 3.18. The number of hydrogen-bond acceptors (Lipinski definition) is 3. The Hall–Kier alpha value is -1.13. The maximum atomic E-state index is 5.45. The van der Waals surface area contributed by atoms with E-state index in [0.717, 1.165) is 27.6 Å². The third kappa shape index (κ3) is 2.11. The maximum Gasteiger partial charge on any atom is 0.133 e. The van der Waals surface area contributed by atoms with Crippen LogP contribution in [0, 0.1) is 0 Å². The second kappa shape index (κ2) is 4.59. The second-order valence-electron chi connectivity index (χ2n) is 3.22. The largest absolute Gasteiger partial charge is 0.368 e. The zero-order valence-electron chi connectivity index (χ0n) is 8.20. The van der Waals surface area contributed by atoms with Crippen LogP contribution in [0.5, 0.6) is 0 Å². The fraction of sp³-hybridized carbons (Fsp3) is 0.182. The van der Waals surface area contributed by atoms with Gasteiger partial charge in [-0.1, -0.05) is 24.3 Å². The number of anilines is 1. The normalized spacial score (nSPS) is 10.5. The van der Waals surface area contributed by atoms with E-state index in [4.69, 9.17) is 5.73 Å². The van der Waals surface area contributed by atoms with Gasteiger partial charge >= 0.3 is 0 Å². The fourth-order valence-electron chi connectivity index (χ4n) is 1.49. The predicted octanol–water partition coefficient (Wildman–Crippen LogP) is 2.37.